The molecule has 1 aromatic carbocycles. The van der Waals surface area contributed by atoms with E-state index in [1.165, 1.54) is 0 Å². The molecule has 3 nitrogen and oxygen atoms in total. The van der Waals surface area contributed by atoms with Crippen molar-refractivity contribution < 1.29 is 14.3 Å². The number of halogens is 1. The monoisotopic (exact) mass is 226 g/mol. The molecule has 0 unspecified atom stereocenters. The Morgan fingerprint density at radius 1 is 1.47 bits per heavy atom. The molecule has 0 bridgehead atoms. The van der Waals surface area contributed by atoms with Crippen LogP contribution in [-0.4, -0.2) is 12.6 Å². The van der Waals surface area contributed by atoms with Gasteiger partial charge in [0.1, 0.15) is 5.75 Å². The van der Waals surface area contributed by atoms with Crippen LogP contribution in [0.1, 0.15) is 6.92 Å². The Labute approximate surface area is 93.3 Å². The maximum atomic E-state index is 11.2. The minimum atomic E-state index is -0.586. The molecule has 0 fully saturated rings. The van der Waals surface area contributed by atoms with Crippen molar-refractivity contribution in [2.75, 3.05) is 6.61 Å². The van der Waals surface area contributed by atoms with Crippen molar-refractivity contribution in [3.8, 4) is 5.75 Å². The Hall–Kier alpha value is -1.48. The normalized spacial score (nSPS) is 9.47. The van der Waals surface area contributed by atoms with Gasteiger partial charge in [0, 0.05) is 0 Å². The van der Waals surface area contributed by atoms with E-state index in [0.717, 1.165) is 0 Å². The standard InChI is InChI=1S/C11H11ClO3/c1-3-14-11(13)8(2)15-10-7-5-4-6-9(10)12/h4-7H,2-3H2,1H3. The lowest BCUT2D eigenvalue weighted by atomic mass is 10.3. The molecule has 0 radical (unpaired) electrons. The largest absolute Gasteiger partial charge is 0.460 e. The van der Waals surface area contributed by atoms with Crippen LogP contribution in [0.15, 0.2) is 36.6 Å². The van der Waals surface area contributed by atoms with E-state index in [1.54, 1.807) is 31.2 Å². The minimum Gasteiger partial charge on any atom is -0.460 e. The van der Waals surface area contributed by atoms with Crippen molar-refractivity contribution in [2.45, 2.75) is 6.92 Å². The van der Waals surface area contributed by atoms with Gasteiger partial charge in [0.05, 0.1) is 11.6 Å². The van der Waals surface area contributed by atoms with Gasteiger partial charge in [-0.05, 0) is 25.6 Å². The number of carbonyl (C=O) groups is 1. The van der Waals surface area contributed by atoms with Gasteiger partial charge in [-0.2, -0.15) is 0 Å². The molecule has 4 heteroatoms. The smallest absolute Gasteiger partial charge is 0.373 e. The molecule has 0 aromatic heterocycles. The second-order valence-electron chi connectivity index (χ2n) is 2.68. The first-order valence-electron chi connectivity index (χ1n) is 4.43. The van der Waals surface area contributed by atoms with Crippen LogP contribution in [0.4, 0.5) is 0 Å². The Kier molecular flexibility index (Phi) is 4.18. The number of esters is 1. The molecule has 0 aliphatic rings. The first-order valence-corrected chi connectivity index (χ1v) is 4.81. The first-order chi connectivity index (χ1) is 7.15. The van der Waals surface area contributed by atoms with Crippen LogP contribution in [0.2, 0.25) is 5.02 Å². The van der Waals surface area contributed by atoms with Crippen LogP contribution >= 0.6 is 11.6 Å². The maximum Gasteiger partial charge on any atom is 0.373 e. The highest BCUT2D eigenvalue weighted by molar-refractivity contribution is 6.32. The fourth-order valence-electron chi connectivity index (χ4n) is 0.913. The van der Waals surface area contributed by atoms with Crippen molar-refractivity contribution in [3.63, 3.8) is 0 Å². The lowest BCUT2D eigenvalue weighted by molar-refractivity contribution is -0.140. The summed E-state index contributed by atoms with van der Waals surface area (Å²) in [4.78, 5) is 11.2. The number of rotatable bonds is 4. The van der Waals surface area contributed by atoms with E-state index in [-0.39, 0.29) is 12.4 Å². The molecule has 1 aromatic rings. The van der Waals surface area contributed by atoms with Gasteiger partial charge < -0.3 is 9.47 Å². The molecule has 0 amide bonds. The predicted octanol–water partition coefficient (Wildman–Crippen LogP) is 2.80. The van der Waals surface area contributed by atoms with Crippen LogP contribution in [0.25, 0.3) is 0 Å². The molecule has 0 spiro atoms. The third-order valence-corrected chi connectivity index (χ3v) is 1.89. The van der Waals surface area contributed by atoms with Crippen molar-refractivity contribution >= 4 is 17.6 Å². The fourth-order valence-corrected chi connectivity index (χ4v) is 1.09. The van der Waals surface area contributed by atoms with Crippen LogP contribution in [0.3, 0.4) is 0 Å². The Morgan fingerprint density at radius 3 is 2.73 bits per heavy atom. The average Bonchev–Trinajstić information content (AvgIpc) is 2.21. The van der Waals surface area contributed by atoms with Crippen LogP contribution < -0.4 is 4.74 Å². The van der Waals surface area contributed by atoms with Gasteiger partial charge in [-0.1, -0.05) is 23.7 Å². The SMILES string of the molecule is C=C(Oc1ccccc1Cl)C(=O)OCC. The van der Waals surface area contributed by atoms with Crippen molar-refractivity contribution in [2.24, 2.45) is 0 Å². The van der Waals surface area contributed by atoms with Crippen molar-refractivity contribution in [1.29, 1.82) is 0 Å². The highest BCUT2D eigenvalue weighted by atomic mass is 35.5. The zero-order chi connectivity index (χ0) is 11.3. The molecule has 0 saturated heterocycles. The van der Waals surface area contributed by atoms with E-state index < -0.39 is 5.97 Å². The van der Waals surface area contributed by atoms with Crippen LogP contribution in [-0.2, 0) is 9.53 Å². The van der Waals surface area contributed by atoms with E-state index in [0.29, 0.717) is 10.8 Å². The van der Waals surface area contributed by atoms with E-state index >= 15 is 0 Å². The first kappa shape index (κ1) is 11.6. The zero-order valence-corrected chi connectivity index (χ0v) is 9.08. The van der Waals surface area contributed by atoms with Gasteiger partial charge in [0.2, 0.25) is 5.76 Å². The predicted molar refractivity (Wildman–Crippen MR) is 57.9 cm³/mol. The van der Waals surface area contributed by atoms with E-state index in [1.807, 2.05) is 0 Å². The summed E-state index contributed by atoms with van der Waals surface area (Å²) in [6.07, 6.45) is 0. The molecule has 0 atom stereocenters. The second kappa shape index (κ2) is 5.41. The molecule has 0 saturated carbocycles. The molecule has 0 heterocycles. The summed E-state index contributed by atoms with van der Waals surface area (Å²) < 4.78 is 9.87. The van der Waals surface area contributed by atoms with Gasteiger partial charge >= 0.3 is 5.97 Å². The lowest BCUT2D eigenvalue weighted by Gasteiger charge is -2.08. The molecule has 15 heavy (non-hydrogen) atoms. The molecular formula is C11H11ClO3. The zero-order valence-electron chi connectivity index (χ0n) is 8.33. The van der Waals surface area contributed by atoms with Crippen molar-refractivity contribution in [1.82, 2.24) is 0 Å². The maximum absolute atomic E-state index is 11.2. The summed E-state index contributed by atoms with van der Waals surface area (Å²) >= 11 is 5.83. The molecule has 0 aliphatic heterocycles. The van der Waals surface area contributed by atoms with E-state index in [9.17, 15) is 4.79 Å². The Morgan fingerprint density at radius 2 is 2.13 bits per heavy atom. The minimum absolute atomic E-state index is 0.0787. The molecule has 80 valence electrons. The highest BCUT2D eigenvalue weighted by Gasteiger charge is 2.11. The number of para-hydroxylation sites is 1. The number of carbonyl (C=O) groups excluding carboxylic acids is 1. The molecule has 0 N–H and O–H groups in total. The van der Waals surface area contributed by atoms with Gasteiger partial charge in [-0.3, -0.25) is 0 Å². The third kappa shape index (κ3) is 3.29. The number of hydrogen-bond donors (Lipinski definition) is 0. The van der Waals surface area contributed by atoms with Crippen LogP contribution in [0.5, 0.6) is 5.75 Å². The summed E-state index contributed by atoms with van der Waals surface area (Å²) in [5.74, 6) is -0.278. The quantitative estimate of drug-likeness (QED) is 0.450. The van der Waals surface area contributed by atoms with Crippen LogP contribution in [0, 0.1) is 0 Å². The second-order valence-corrected chi connectivity index (χ2v) is 3.08. The number of ether oxygens (including phenoxy) is 2. The molecule has 0 aliphatic carbocycles. The summed E-state index contributed by atoms with van der Waals surface area (Å²) in [5, 5.41) is 0.419. The third-order valence-electron chi connectivity index (χ3n) is 1.57. The lowest BCUT2D eigenvalue weighted by Crippen LogP contribution is -2.11. The summed E-state index contributed by atoms with van der Waals surface area (Å²) in [5.41, 5.74) is 0. The fraction of sp³-hybridized carbons (Fsp3) is 0.182. The molecular weight excluding hydrogens is 216 g/mol. The summed E-state index contributed by atoms with van der Waals surface area (Å²) in [6.45, 7) is 5.44. The van der Waals surface area contributed by atoms with Crippen molar-refractivity contribution in [3.05, 3.63) is 41.6 Å². The van der Waals surface area contributed by atoms with E-state index in [2.05, 4.69) is 6.58 Å². The van der Waals surface area contributed by atoms with Gasteiger partial charge in [-0.15, -0.1) is 0 Å². The van der Waals surface area contributed by atoms with Gasteiger partial charge in [0.15, 0.2) is 0 Å². The van der Waals surface area contributed by atoms with Gasteiger partial charge in [-0.25, -0.2) is 4.79 Å². The van der Waals surface area contributed by atoms with E-state index in [4.69, 9.17) is 21.1 Å². The highest BCUT2D eigenvalue weighted by Crippen LogP contribution is 2.24. The average molecular weight is 227 g/mol. The summed E-state index contributed by atoms with van der Waals surface area (Å²) in [7, 11) is 0. The number of hydrogen-bond acceptors (Lipinski definition) is 3. The summed E-state index contributed by atoms with van der Waals surface area (Å²) in [6, 6.07) is 6.82. The Bertz CT molecular complexity index is 374. The Balaban J connectivity index is 2.67. The number of benzene rings is 1. The topological polar surface area (TPSA) is 35.5 Å². The van der Waals surface area contributed by atoms with Gasteiger partial charge in [0.25, 0.3) is 0 Å². The molecule has 1 rings (SSSR count).